The first-order chi connectivity index (χ1) is 5.40. The monoisotopic (exact) mass is 261 g/mol. The second kappa shape index (κ2) is 2.91. The Morgan fingerprint density at radius 3 is 3.18 bits per heavy atom. The molecule has 11 heavy (non-hydrogen) atoms. The van der Waals surface area contributed by atoms with Crippen LogP contribution in [0.1, 0.15) is 17.0 Å². The smallest absolute Gasteiger partial charge is 0.0831 e. The van der Waals surface area contributed by atoms with Gasteiger partial charge in [0.15, 0.2) is 0 Å². The number of hydrogen-bond donors (Lipinski definition) is 2. The van der Waals surface area contributed by atoms with E-state index in [1.54, 1.807) is 0 Å². The number of H-pyrrole nitrogens is 1. The Kier molecular flexibility index (Phi) is 1.91. The molecule has 1 aromatic rings. The molecule has 0 amide bonds. The first-order valence-corrected chi connectivity index (χ1v) is 5.84. The molecule has 2 rings (SSSR count). The van der Waals surface area contributed by atoms with Crippen LogP contribution in [0.2, 0.25) is 0 Å². The Balaban J connectivity index is 2.51. The van der Waals surface area contributed by atoms with Gasteiger partial charge in [-0.3, -0.25) is 0 Å². The van der Waals surface area contributed by atoms with E-state index in [-0.39, 0.29) is 27.3 Å². The van der Waals surface area contributed by atoms with Crippen LogP contribution in [0.4, 0.5) is 0 Å². The lowest BCUT2D eigenvalue weighted by Crippen LogP contribution is -1.82. The molecule has 0 aliphatic carbocycles. The van der Waals surface area contributed by atoms with Crippen molar-refractivity contribution in [2.24, 2.45) is 0 Å². The van der Waals surface area contributed by atoms with Crippen LogP contribution >= 0.6 is 20.7 Å². The maximum absolute atomic E-state index is 8.83. The Morgan fingerprint density at radius 2 is 2.45 bits per heavy atom. The van der Waals surface area contributed by atoms with E-state index in [1.807, 2.05) is 6.07 Å². The molecule has 1 aliphatic heterocycles. The molecule has 0 unspecified atom stereocenters. The zero-order valence-corrected chi connectivity index (χ0v) is 8.00. The van der Waals surface area contributed by atoms with E-state index in [0.717, 1.165) is 11.4 Å². The summed E-state index contributed by atoms with van der Waals surface area (Å²) in [5.41, 5.74) is 3.30. The van der Waals surface area contributed by atoms with Gasteiger partial charge in [0.25, 0.3) is 0 Å². The molecule has 1 aromatic heterocycles. The first kappa shape index (κ1) is 7.24. The predicted octanol–water partition coefficient (Wildman–Crippen LogP) is 1.61. The lowest BCUT2D eigenvalue weighted by atomic mass is 10.2. The van der Waals surface area contributed by atoms with E-state index in [9.17, 15) is 0 Å². The molecule has 2 heterocycles. The summed E-state index contributed by atoms with van der Waals surface area (Å²) in [6.07, 6.45) is 2.10. The predicted molar refractivity (Wildman–Crippen MR) is 54.9 cm³/mol. The molecule has 0 saturated heterocycles. The lowest BCUT2D eigenvalue weighted by molar-refractivity contribution is 0.277. The molecule has 0 spiro atoms. The van der Waals surface area contributed by atoms with Crippen molar-refractivity contribution in [3.8, 4) is 0 Å². The third-order valence-electron chi connectivity index (χ3n) is 1.59. The fraction of sp³-hybridized carbons (Fsp3) is 0.125. The van der Waals surface area contributed by atoms with Crippen LogP contribution in [0, 0.1) is 0 Å². The minimum atomic E-state index is 0.104. The average molecular weight is 261 g/mol. The molecule has 0 aromatic carbocycles. The van der Waals surface area contributed by atoms with Gasteiger partial charge in [-0.2, -0.15) is 0 Å². The molecule has 0 bridgehead atoms. The van der Waals surface area contributed by atoms with Crippen LogP contribution in [-0.2, 0) is 6.61 Å². The summed E-state index contributed by atoms with van der Waals surface area (Å²) in [6.45, 7) is 0.104. The van der Waals surface area contributed by atoms with Gasteiger partial charge in [-0.15, -0.1) is 0 Å². The highest BCUT2D eigenvalue weighted by Crippen LogP contribution is 2.19. The largest absolute Gasteiger partial charge is 0.390 e. The second-order valence-corrected chi connectivity index (χ2v) is 4.41. The number of halogens is 1. The lowest BCUT2D eigenvalue weighted by Gasteiger charge is -1.93. The highest BCUT2D eigenvalue weighted by atomic mass is 127. The van der Waals surface area contributed by atoms with E-state index < -0.39 is 0 Å². The molecule has 1 aliphatic rings. The number of aliphatic hydroxyl groups is 1. The van der Waals surface area contributed by atoms with E-state index in [4.69, 9.17) is 5.11 Å². The van der Waals surface area contributed by atoms with Crippen LogP contribution in [0.25, 0.3) is 6.08 Å². The Labute approximate surface area is 74.7 Å². The van der Waals surface area contributed by atoms with Gasteiger partial charge in [0.05, 0.1) is 6.61 Å². The van der Waals surface area contributed by atoms with Crippen molar-refractivity contribution in [3.63, 3.8) is 0 Å². The second-order valence-electron chi connectivity index (χ2n) is 2.35. The van der Waals surface area contributed by atoms with Gasteiger partial charge in [-0.25, -0.2) is 0 Å². The van der Waals surface area contributed by atoms with Crippen LogP contribution < -0.4 is 0 Å². The number of hydrogen-bond acceptors (Lipinski definition) is 1. The van der Waals surface area contributed by atoms with Crippen molar-refractivity contribution in [3.05, 3.63) is 27.1 Å². The summed E-state index contributed by atoms with van der Waals surface area (Å²) in [6, 6.07) is 2.01. The number of aromatic nitrogens is 1. The fourth-order valence-electron chi connectivity index (χ4n) is 1.06. The summed E-state index contributed by atoms with van der Waals surface area (Å²) >= 11 is 0.127. The van der Waals surface area contributed by atoms with Crippen molar-refractivity contribution in [2.75, 3.05) is 0 Å². The van der Waals surface area contributed by atoms with Gasteiger partial charge in [-0.05, 0) is 20.2 Å². The molecular formula is C8H8INO. The minimum Gasteiger partial charge on any atom is -0.390 e. The molecule has 2 N–H and O–H groups in total. The maximum Gasteiger partial charge on any atom is 0.0831 e. The highest BCUT2D eigenvalue weighted by molar-refractivity contribution is 14.2. The zero-order chi connectivity index (χ0) is 7.68. The van der Waals surface area contributed by atoms with E-state index >= 15 is 0 Å². The highest BCUT2D eigenvalue weighted by Gasteiger charge is 2.03. The van der Waals surface area contributed by atoms with Crippen LogP contribution in [0.3, 0.4) is 0 Å². The topological polar surface area (TPSA) is 36.0 Å². The Hall–Kier alpha value is -0.420. The Morgan fingerprint density at radius 1 is 1.55 bits per heavy atom. The van der Waals surface area contributed by atoms with Crippen LogP contribution in [0.5, 0.6) is 0 Å². The standard InChI is InChI=1S/C8H8INO/c11-5-7-3-6-4-9-2-1-8(6)10-7/h1-4,10-11H,5H2. The number of fused-ring (bicyclic) bond motifs is 1. The quantitative estimate of drug-likeness (QED) is 0.740. The van der Waals surface area contributed by atoms with Gasteiger partial charge >= 0.3 is 0 Å². The molecule has 0 atom stereocenters. The molecule has 3 heteroatoms. The molecule has 58 valence electrons. The van der Waals surface area contributed by atoms with E-state index in [1.165, 1.54) is 5.56 Å². The molecule has 0 fully saturated rings. The number of aromatic amines is 1. The van der Waals surface area contributed by atoms with Gasteiger partial charge < -0.3 is 10.1 Å². The van der Waals surface area contributed by atoms with Crippen LogP contribution in [-0.4, -0.2) is 14.1 Å². The maximum atomic E-state index is 8.83. The van der Waals surface area contributed by atoms with Crippen molar-refractivity contribution >= 4 is 30.8 Å². The van der Waals surface area contributed by atoms with E-state index in [0.29, 0.717) is 0 Å². The Bertz CT molecular complexity index is 295. The number of rotatable bonds is 1. The van der Waals surface area contributed by atoms with Crippen molar-refractivity contribution in [1.29, 1.82) is 0 Å². The van der Waals surface area contributed by atoms with Crippen molar-refractivity contribution < 1.29 is 5.11 Å². The summed E-state index contributed by atoms with van der Waals surface area (Å²) in [5.74, 6) is 0. The fourth-order valence-corrected chi connectivity index (χ4v) is 2.74. The van der Waals surface area contributed by atoms with Crippen LogP contribution in [0.15, 0.2) is 10.1 Å². The van der Waals surface area contributed by atoms with Crippen molar-refractivity contribution in [1.82, 2.24) is 4.98 Å². The molecule has 0 saturated carbocycles. The third kappa shape index (κ3) is 1.30. The summed E-state index contributed by atoms with van der Waals surface area (Å²) < 4.78 is 4.46. The SMILES string of the molecule is OCc1cc2c([nH]1)C=CI=C2. The zero-order valence-electron chi connectivity index (χ0n) is 5.84. The van der Waals surface area contributed by atoms with Gasteiger partial charge in [-0.1, -0.05) is 20.7 Å². The first-order valence-electron chi connectivity index (χ1n) is 3.34. The minimum absolute atomic E-state index is 0.104. The summed E-state index contributed by atoms with van der Waals surface area (Å²) in [7, 11) is 0. The van der Waals surface area contributed by atoms with Gasteiger partial charge in [0.1, 0.15) is 0 Å². The van der Waals surface area contributed by atoms with E-state index in [2.05, 4.69) is 19.2 Å². The average Bonchev–Trinajstić information content (AvgIpc) is 2.46. The molecule has 0 radical (unpaired) electrons. The number of aliphatic hydroxyl groups excluding tert-OH is 1. The normalized spacial score (nSPS) is 14.3. The third-order valence-corrected chi connectivity index (χ3v) is 3.39. The van der Waals surface area contributed by atoms with Gasteiger partial charge in [0, 0.05) is 17.0 Å². The summed E-state index contributed by atoms with van der Waals surface area (Å²) in [5, 5.41) is 8.83. The molecular weight excluding hydrogens is 253 g/mol. The number of nitrogens with one attached hydrogen (secondary N) is 1. The molecule has 2 nitrogen and oxygen atoms in total. The van der Waals surface area contributed by atoms with Gasteiger partial charge in [0.2, 0.25) is 0 Å². The van der Waals surface area contributed by atoms with Crippen molar-refractivity contribution in [2.45, 2.75) is 6.61 Å². The summed E-state index contributed by atoms with van der Waals surface area (Å²) in [4.78, 5) is 3.13.